The Balaban J connectivity index is 1.46. The maximum absolute atomic E-state index is 12.4. The van der Waals surface area contributed by atoms with Gasteiger partial charge in [-0.1, -0.05) is 17.4 Å². The molecular formula is C18H14N2O5S. The predicted molar refractivity (Wildman–Crippen MR) is 93.8 cm³/mol. The summed E-state index contributed by atoms with van der Waals surface area (Å²) in [6.45, 7) is 0.452. The first kappa shape index (κ1) is 15.3. The predicted octanol–water partition coefficient (Wildman–Crippen LogP) is 2.37. The molecule has 0 bridgehead atoms. The smallest absolute Gasteiger partial charge is 0.252 e. The van der Waals surface area contributed by atoms with E-state index >= 15 is 0 Å². The standard InChI is InChI=1S/C18H14N2O5S/c1-20-11-6-14-15(25-9-24-14)7-16(11)26-18(20)19-17(21)5-10-2-3-12-13(4-10)23-8-22-12/h2-4,6-7H,5,8-9H2,1H3. The third kappa shape index (κ3) is 2.50. The lowest BCUT2D eigenvalue weighted by molar-refractivity contribution is -0.117. The first-order chi connectivity index (χ1) is 12.7. The lowest BCUT2D eigenvalue weighted by Gasteiger charge is -2.00. The van der Waals surface area contributed by atoms with Gasteiger partial charge in [0.25, 0.3) is 5.91 Å². The van der Waals surface area contributed by atoms with E-state index in [1.54, 1.807) is 0 Å². The Bertz CT molecular complexity index is 1110. The number of thiazole rings is 1. The van der Waals surface area contributed by atoms with E-state index in [1.165, 1.54) is 11.3 Å². The molecule has 2 aromatic carbocycles. The Morgan fingerprint density at radius 3 is 2.54 bits per heavy atom. The van der Waals surface area contributed by atoms with E-state index in [0.717, 1.165) is 21.5 Å². The van der Waals surface area contributed by atoms with E-state index in [-0.39, 0.29) is 25.9 Å². The van der Waals surface area contributed by atoms with Crippen molar-refractivity contribution < 1.29 is 23.7 Å². The molecule has 26 heavy (non-hydrogen) atoms. The van der Waals surface area contributed by atoms with Crippen molar-refractivity contribution in [3.63, 3.8) is 0 Å². The molecule has 2 aliphatic heterocycles. The van der Waals surface area contributed by atoms with Crippen LogP contribution in [0.25, 0.3) is 10.2 Å². The Labute approximate surface area is 152 Å². The van der Waals surface area contributed by atoms with Crippen LogP contribution in [0.5, 0.6) is 23.0 Å². The third-order valence-electron chi connectivity index (χ3n) is 4.32. The first-order valence-electron chi connectivity index (χ1n) is 8.03. The molecule has 0 saturated heterocycles. The van der Waals surface area contributed by atoms with Crippen LogP contribution >= 0.6 is 11.3 Å². The number of aromatic nitrogens is 1. The number of hydrogen-bond acceptors (Lipinski definition) is 6. The average molecular weight is 370 g/mol. The van der Waals surface area contributed by atoms with Crippen molar-refractivity contribution in [3.8, 4) is 23.0 Å². The molecular weight excluding hydrogens is 356 g/mol. The number of rotatable bonds is 2. The molecule has 3 aromatic rings. The van der Waals surface area contributed by atoms with Crippen LogP contribution in [0.15, 0.2) is 35.3 Å². The minimum Gasteiger partial charge on any atom is -0.454 e. The number of fused-ring (bicyclic) bond motifs is 3. The molecule has 8 heteroatoms. The van der Waals surface area contributed by atoms with Crippen LogP contribution in [0, 0.1) is 0 Å². The SMILES string of the molecule is Cn1c(=NC(=O)Cc2ccc3c(c2)OCO3)sc2cc3c(cc21)OCO3. The molecule has 0 radical (unpaired) electrons. The summed E-state index contributed by atoms with van der Waals surface area (Å²) < 4.78 is 24.3. The number of hydrogen-bond donors (Lipinski definition) is 0. The summed E-state index contributed by atoms with van der Waals surface area (Å²) in [5, 5.41) is 0. The van der Waals surface area contributed by atoms with E-state index < -0.39 is 0 Å². The van der Waals surface area contributed by atoms with E-state index in [1.807, 2.05) is 41.9 Å². The number of amides is 1. The Kier molecular flexibility index (Phi) is 3.39. The lowest BCUT2D eigenvalue weighted by Crippen LogP contribution is -2.14. The molecule has 0 aliphatic carbocycles. The molecule has 0 atom stereocenters. The zero-order chi connectivity index (χ0) is 17.7. The van der Waals surface area contributed by atoms with Gasteiger partial charge in [0.15, 0.2) is 27.8 Å². The number of carbonyl (C=O) groups excluding carboxylic acids is 1. The summed E-state index contributed by atoms with van der Waals surface area (Å²) in [5.74, 6) is 2.58. The molecule has 0 N–H and O–H groups in total. The van der Waals surface area contributed by atoms with Crippen LogP contribution in [0.1, 0.15) is 5.56 Å². The number of nitrogens with zero attached hydrogens (tertiary/aromatic N) is 2. The highest BCUT2D eigenvalue weighted by molar-refractivity contribution is 7.16. The zero-order valence-electron chi connectivity index (χ0n) is 13.9. The molecule has 132 valence electrons. The van der Waals surface area contributed by atoms with Crippen molar-refractivity contribution in [3.05, 3.63) is 40.7 Å². The normalized spacial score (nSPS) is 15.0. The van der Waals surface area contributed by atoms with Crippen LogP contribution in [-0.4, -0.2) is 24.1 Å². The Morgan fingerprint density at radius 1 is 1.04 bits per heavy atom. The van der Waals surface area contributed by atoms with Gasteiger partial charge in [-0.3, -0.25) is 4.79 Å². The number of benzene rings is 2. The summed E-state index contributed by atoms with van der Waals surface area (Å²) in [6, 6.07) is 9.32. The average Bonchev–Trinajstić information content (AvgIpc) is 3.33. The van der Waals surface area contributed by atoms with Crippen molar-refractivity contribution in [1.82, 2.24) is 4.57 Å². The van der Waals surface area contributed by atoms with Gasteiger partial charge in [-0.05, 0) is 17.7 Å². The molecule has 7 nitrogen and oxygen atoms in total. The minimum absolute atomic E-state index is 0.202. The summed E-state index contributed by atoms with van der Waals surface area (Å²) in [4.78, 5) is 17.3. The maximum Gasteiger partial charge on any atom is 0.252 e. The Morgan fingerprint density at radius 2 is 1.73 bits per heavy atom. The van der Waals surface area contributed by atoms with Crippen LogP contribution < -0.4 is 23.7 Å². The van der Waals surface area contributed by atoms with Crippen molar-refractivity contribution in [2.24, 2.45) is 12.0 Å². The summed E-state index contributed by atoms with van der Waals surface area (Å²) >= 11 is 1.44. The fourth-order valence-electron chi connectivity index (χ4n) is 3.00. The molecule has 5 rings (SSSR count). The van der Waals surface area contributed by atoms with Gasteiger partial charge in [-0.25, -0.2) is 0 Å². The summed E-state index contributed by atoms with van der Waals surface area (Å²) in [6.07, 6.45) is 0.202. The Hall–Kier alpha value is -3.00. The van der Waals surface area contributed by atoms with Gasteiger partial charge >= 0.3 is 0 Å². The summed E-state index contributed by atoms with van der Waals surface area (Å²) in [7, 11) is 1.88. The van der Waals surface area contributed by atoms with E-state index in [9.17, 15) is 4.79 Å². The molecule has 2 aliphatic rings. The molecule has 1 aromatic heterocycles. The molecule has 0 unspecified atom stereocenters. The molecule has 0 fully saturated rings. The molecule has 0 saturated carbocycles. The van der Waals surface area contributed by atoms with Crippen LogP contribution in [0.4, 0.5) is 0 Å². The van der Waals surface area contributed by atoms with Crippen molar-refractivity contribution in [2.75, 3.05) is 13.6 Å². The zero-order valence-corrected chi connectivity index (χ0v) is 14.7. The number of aryl methyl sites for hydroxylation is 1. The van der Waals surface area contributed by atoms with Gasteiger partial charge < -0.3 is 23.5 Å². The quantitative estimate of drug-likeness (QED) is 0.693. The molecule has 1 amide bonds. The molecule has 3 heterocycles. The van der Waals surface area contributed by atoms with Gasteiger partial charge in [-0.15, -0.1) is 0 Å². The van der Waals surface area contributed by atoms with Gasteiger partial charge in [0.2, 0.25) is 13.6 Å². The van der Waals surface area contributed by atoms with Crippen LogP contribution in [0.2, 0.25) is 0 Å². The maximum atomic E-state index is 12.4. The fraction of sp³-hybridized carbons (Fsp3) is 0.222. The van der Waals surface area contributed by atoms with E-state index in [2.05, 4.69) is 4.99 Å². The highest BCUT2D eigenvalue weighted by Gasteiger charge is 2.17. The van der Waals surface area contributed by atoms with Crippen LogP contribution in [0.3, 0.4) is 0 Å². The van der Waals surface area contributed by atoms with Gasteiger partial charge in [0, 0.05) is 19.2 Å². The van der Waals surface area contributed by atoms with Gasteiger partial charge in [0.05, 0.1) is 16.6 Å². The third-order valence-corrected chi connectivity index (χ3v) is 5.41. The van der Waals surface area contributed by atoms with Gasteiger partial charge in [-0.2, -0.15) is 4.99 Å². The highest BCUT2D eigenvalue weighted by Crippen LogP contribution is 2.36. The second-order valence-electron chi connectivity index (χ2n) is 5.99. The molecule has 0 spiro atoms. The number of ether oxygens (including phenoxy) is 4. The first-order valence-corrected chi connectivity index (χ1v) is 8.84. The largest absolute Gasteiger partial charge is 0.454 e. The van der Waals surface area contributed by atoms with E-state index in [4.69, 9.17) is 18.9 Å². The second kappa shape index (κ2) is 5.77. The second-order valence-corrected chi connectivity index (χ2v) is 7.00. The van der Waals surface area contributed by atoms with Crippen molar-refractivity contribution in [2.45, 2.75) is 6.42 Å². The summed E-state index contributed by atoms with van der Waals surface area (Å²) in [5.41, 5.74) is 1.79. The lowest BCUT2D eigenvalue weighted by atomic mass is 10.1. The van der Waals surface area contributed by atoms with Crippen molar-refractivity contribution in [1.29, 1.82) is 0 Å². The highest BCUT2D eigenvalue weighted by atomic mass is 32.1. The number of carbonyl (C=O) groups is 1. The topological polar surface area (TPSA) is 71.3 Å². The van der Waals surface area contributed by atoms with E-state index in [0.29, 0.717) is 22.0 Å². The minimum atomic E-state index is -0.217. The fourth-order valence-corrected chi connectivity index (χ4v) is 4.04. The van der Waals surface area contributed by atoms with Crippen molar-refractivity contribution >= 4 is 27.5 Å². The van der Waals surface area contributed by atoms with Gasteiger partial charge in [0.1, 0.15) is 0 Å². The van der Waals surface area contributed by atoms with Crippen LogP contribution in [-0.2, 0) is 18.3 Å². The monoisotopic (exact) mass is 370 g/mol.